The molecule has 3 aromatic rings. The summed E-state index contributed by atoms with van der Waals surface area (Å²) in [6.07, 6.45) is 5.03. The summed E-state index contributed by atoms with van der Waals surface area (Å²) in [5.41, 5.74) is 6.90. The van der Waals surface area contributed by atoms with Gasteiger partial charge in [0.25, 0.3) is 0 Å². The number of nitrogens with one attached hydrogen (secondary N) is 3. The fourth-order valence-electron chi connectivity index (χ4n) is 2.42. The van der Waals surface area contributed by atoms with Crippen LogP contribution in [0.3, 0.4) is 0 Å². The van der Waals surface area contributed by atoms with E-state index in [1.165, 1.54) is 0 Å². The van der Waals surface area contributed by atoms with Crippen LogP contribution < -0.4 is 10.7 Å². The number of urea groups is 1. The van der Waals surface area contributed by atoms with E-state index in [4.69, 9.17) is 0 Å². The number of hydrogen-bond acceptors (Lipinski definition) is 4. The molecule has 0 saturated carbocycles. The maximum Gasteiger partial charge on any atom is 0.335 e. The first kappa shape index (κ1) is 12.5. The van der Waals surface area contributed by atoms with Crippen LogP contribution >= 0.6 is 0 Å². The van der Waals surface area contributed by atoms with Gasteiger partial charge in [0.1, 0.15) is 5.69 Å². The Morgan fingerprint density at radius 2 is 2.09 bits per heavy atom. The number of aromatic amines is 1. The van der Waals surface area contributed by atoms with Gasteiger partial charge in [-0.3, -0.25) is 9.97 Å². The van der Waals surface area contributed by atoms with Crippen molar-refractivity contribution in [3.05, 3.63) is 48.4 Å². The number of H-pyrrole nitrogens is 1. The molecule has 0 fully saturated rings. The molecule has 0 radical (unpaired) electrons. The quantitative estimate of drug-likeness (QED) is 0.670. The molecule has 1 aliphatic rings. The van der Waals surface area contributed by atoms with Crippen molar-refractivity contribution in [2.75, 3.05) is 6.54 Å². The molecule has 108 valence electrons. The van der Waals surface area contributed by atoms with Gasteiger partial charge >= 0.3 is 6.03 Å². The molecule has 4 rings (SSSR count). The van der Waals surface area contributed by atoms with E-state index in [-0.39, 0.29) is 6.03 Å². The van der Waals surface area contributed by atoms with Crippen LogP contribution in [0.15, 0.2) is 48.0 Å². The maximum atomic E-state index is 11.1. The van der Waals surface area contributed by atoms with Gasteiger partial charge in [-0.05, 0) is 18.2 Å². The van der Waals surface area contributed by atoms with Crippen molar-refractivity contribution in [1.29, 1.82) is 0 Å². The van der Waals surface area contributed by atoms with Gasteiger partial charge < -0.3 is 10.3 Å². The Morgan fingerprint density at radius 1 is 1.14 bits per heavy atom. The first-order valence-electron chi connectivity index (χ1n) is 6.79. The molecule has 2 aromatic heterocycles. The lowest BCUT2D eigenvalue weighted by atomic mass is 10.1. The normalized spacial score (nSPS) is 14.4. The second-order valence-corrected chi connectivity index (χ2v) is 4.93. The molecule has 3 N–H and O–H groups in total. The number of carbonyl (C=O) groups excluding carboxylic acids is 1. The minimum atomic E-state index is -0.281. The smallest absolute Gasteiger partial charge is 0.335 e. The maximum absolute atomic E-state index is 11.1. The van der Waals surface area contributed by atoms with E-state index in [9.17, 15) is 4.79 Å². The van der Waals surface area contributed by atoms with Crippen molar-refractivity contribution in [3.8, 4) is 11.4 Å². The molecule has 7 nitrogen and oxygen atoms in total. The minimum Gasteiger partial charge on any atom is -0.353 e. The van der Waals surface area contributed by atoms with Crippen LogP contribution in [0.4, 0.5) is 4.79 Å². The zero-order valence-corrected chi connectivity index (χ0v) is 11.5. The van der Waals surface area contributed by atoms with Crippen LogP contribution in [0.25, 0.3) is 22.3 Å². The first-order valence-corrected chi connectivity index (χ1v) is 6.79. The minimum absolute atomic E-state index is 0.281. The van der Waals surface area contributed by atoms with Gasteiger partial charge in [-0.2, -0.15) is 5.10 Å². The molecule has 2 amide bonds. The van der Waals surface area contributed by atoms with Gasteiger partial charge in [0, 0.05) is 28.9 Å². The van der Waals surface area contributed by atoms with Crippen LogP contribution in [0.1, 0.15) is 5.56 Å². The number of amides is 2. The van der Waals surface area contributed by atoms with Crippen LogP contribution in [-0.2, 0) is 0 Å². The SMILES string of the molecule is O=C1NCC(c2ccc3[nH]c(-c4cnccn4)cc3c2)=NN1. The van der Waals surface area contributed by atoms with E-state index >= 15 is 0 Å². The highest BCUT2D eigenvalue weighted by atomic mass is 16.2. The van der Waals surface area contributed by atoms with Crippen molar-refractivity contribution in [1.82, 2.24) is 25.7 Å². The van der Waals surface area contributed by atoms with Gasteiger partial charge in [-0.25, -0.2) is 10.2 Å². The van der Waals surface area contributed by atoms with Gasteiger partial charge in [-0.15, -0.1) is 0 Å². The summed E-state index contributed by atoms with van der Waals surface area (Å²) in [5.74, 6) is 0. The molecule has 0 spiro atoms. The molecule has 0 bridgehead atoms. The fourth-order valence-corrected chi connectivity index (χ4v) is 2.42. The van der Waals surface area contributed by atoms with Crippen molar-refractivity contribution in [3.63, 3.8) is 0 Å². The second kappa shape index (κ2) is 4.96. The van der Waals surface area contributed by atoms with Crippen molar-refractivity contribution in [2.24, 2.45) is 5.10 Å². The monoisotopic (exact) mass is 292 g/mol. The van der Waals surface area contributed by atoms with Crippen LogP contribution in [-0.4, -0.2) is 33.2 Å². The van der Waals surface area contributed by atoms with E-state index in [1.807, 2.05) is 24.3 Å². The highest BCUT2D eigenvalue weighted by Gasteiger charge is 2.13. The van der Waals surface area contributed by atoms with Crippen molar-refractivity contribution < 1.29 is 4.79 Å². The third-order valence-electron chi connectivity index (χ3n) is 3.50. The van der Waals surface area contributed by atoms with Crippen LogP contribution in [0.2, 0.25) is 0 Å². The Balaban J connectivity index is 1.74. The lowest BCUT2D eigenvalue weighted by Gasteiger charge is -2.13. The Kier molecular flexibility index (Phi) is 2.82. The topological polar surface area (TPSA) is 95.1 Å². The van der Waals surface area contributed by atoms with Crippen LogP contribution in [0, 0.1) is 0 Å². The highest BCUT2D eigenvalue weighted by Crippen LogP contribution is 2.23. The largest absolute Gasteiger partial charge is 0.353 e. The number of fused-ring (bicyclic) bond motifs is 1. The summed E-state index contributed by atoms with van der Waals surface area (Å²) in [4.78, 5) is 22.8. The molecular formula is C15H12N6O. The predicted octanol–water partition coefficient (Wildman–Crippen LogP) is 1.64. The van der Waals surface area contributed by atoms with Crippen molar-refractivity contribution in [2.45, 2.75) is 0 Å². The third-order valence-corrected chi connectivity index (χ3v) is 3.50. The molecular weight excluding hydrogens is 280 g/mol. The summed E-state index contributed by atoms with van der Waals surface area (Å²) in [6.45, 7) is 0.415. The number of nitrogens with zero attached hydrogens (tertiary/aromatic N) is 3. The molecule has 3 heterocycles. The average Bonchev–Trinajstić information content (AvgIpc) is 2.99. The number of benzene rings is 1. The van der Waals surface area contributed by atoms with E-state index in [0.29, 0.717) is 6.54 Å². The average molecular weight is 292 g/mol. The number of carbonyl (C=O) groups is 1. The molecule has 0 saturated heterocycles. The molecule has 0 atom stereocenters. The second-order valence-electron chi connectivity index (χ2n) is 4.93. The predicted molar refractivity (Wildman–Crippen MR) is 82.4 cm³/mol. The van der Waals surface area contributed by atoms with Gasteiger partial charge in [0.2, 0.25) is 0 Å². The van der Waals surface area contributed by atoms with E-state index in [0.717, 1.165) is 33.6 Å². The van der Waals surface area contributed by atoms with Crippen LogP contribution in [0.5, 0.6) is 0 Å². The lowest BCUT2D eigenvalue weighted by molar-refractivity contribution is 0.241. The standard InChI is InChI=1S/C15H12N6O/c22-15-18-8-13(20-21-15)9-1-2-11-10(5-9)6-12(19-11)14-7-16-3-4-17-14/h1-7,19H,8H2,(H2,18,21,22). The summed E-state index contributed by atoms with van der Waals surface area (Å²) < 4.78 is 0. The summed E-state index contributed by atoms with van der Waals surface area (Å²) in [7, 11) is 0. The number of aromatic nitrogens is 3. The summed E-state index contributed by atoms with van der Waals surface area (Å²) in [5, 5.41) is 7.83. The van der Waals surface area contributed by atoms with Gasteiger partial charge in [0.05, 0.1) is 24.1 Å². The van der Waals surface area contributed by atoms with E-state index in [2.05, 4.69) is 30.8 Å². The first-order chi connectivity index (χ1) is 10.8. The Morgan fingerprint density at radius 3 is 2.86 bits per heavy atom. The van der Waals surface area contributed by atoms with E-state index < -0.39 is 0 Å². The molecule has 0 aliphatic carbocycles. The highest BCUT2D eigenvalue weighted by molar-refractivity contribution is 6.07. The summed E-state index contributed by atoms with van der Waals surface area (Å²) in [6, 6.07) is 7.74. The third kappa shape index (κ3) is 2.18. The van der Waals surface area contributed by atoms with Crippen molar-refractivity contribution >= 4 is 22.6 Å². The summed E-state index contributed by atoms with van der Waals surface area (Å²) >= 11 is 0. The Labute approximate surface area is 125 Å². The molecule has 1 aliphatic heterocycles. The number of rotatable bonds is 2. The Bertz CT molecular complexity index is 883. The van der Waals surface area contributed by atoms with E-state index in [1.54, 1.807) is 18.6 Å². The van der Waals surface area contributed by atoms with Gasteiger partial charge in [0.15, 0.2) is 0 Å². The molecule has 1 aromatic carbocycles. The number of hydrogen-bond donors (Lipinski definition) is 3. The molecule has 7 heteroatoms. The zero-order chi connectivity index (χ0) is 14.9. The molecule has 0 unspecified atom stereocenters. The lowest BCUT2D eigenvalue weighted by Crippen LogP contribution is -2.42. The fraction of sp³-hybridized carbons (Fsp3) is 0.0667. The molecule has 22 heavy (non-hydrogen) atoms. The number of hydrazone groups is 1. The Hall–Kier alpha value is -3.22. The van der Waals surface area contributed by atoms with Gasteiger partial charge in [-0.1, -0.05) is 6.07 Å². The zero-order valence-electron chi connectivity index (χ0n) is 11.5.